The third kappa shape index (κ3) is 7.37. The summed E-state index contributed by atoms with van der Waals surface area (Å²) in [5, 5.41) is 3.37. The topological polar surface area (TPSA) is 38.3 Å². The summed E-state index contributed by atoms with van der Waals surface area (Å²) in [4.78, 5) is 11.5. The second-order valence-electron chi connectivity index (χ2n) is 5.51. The molecule has 1 fully saturated rings. The van der Waals surface area contributed by atoms with Gasteiger partial charge in [0.25, 0.3) is 0 Å². The van der Waals surface area contributed by atoms with Crippen molar-refractivity contribution in [2.24, 2.45) is 11.8 Å². The summed E-state index contributed by atoms with van der Waals surface area (Å²) >= 11 is 0. The molecular weight excluding hydrogens is 214 g/mol. The molecular formula is C14H27NO2. The predicted molar refractivity (Wildman–Crippen MR) is 69.9 cm³/mol. The molecule has 3 heteroatoms. The van der Waals surface area contributed by atoms with Gasteiger partial charge in [0.15, 0.2) is 0 Å². The molecule has 0 aromatic carbocycles. The Hall–Kier alpha value is -0.570. The number of piperidine rings is 1. The van der Waals surface area contributed by atoms with Crippen LogP contribution in [0.4, 0.5) is 0 Å². The molecule has 100 valence electrons. The van der Waals surface area contributed by atoms with Crippen LogP contribution in [0.3, 0.4) is 0 Å². The Kier molecular flexibility index (Phi) is 7.25. The maximum absolute atomic E-state index is 11.5. The first-order valence-electron chi connectivity index (χ1n) is 7.05. The number of esters is 1. The number of hydrogen-bond acceptors (Lipinski definition) is 3. The van der Waals surface area contributed by atoms with Crippen molar-refractivity contribution in [3.05, 3.63) is 0 Å². The average molecular weight is 241 g/mol. The highest BCUT2D eigenvalue weighted by Gasteiger charge is 2.14. The quantitative estimate of drug-likeness (QED) is 0.550. The van der Waals surface area contributed by atoms with Gasteiger partial charge in [0, 0.05) is 6.42 Å². The number of hydrogen-bond donors (Lipinski definition) is 1. The summed E-state index contributed by atoms with van der Waals surface area (Å²) in [5.74, 6) is 1.35. The highest BCUT2D eigenvalue weighted by atomic mass is 16.5. The lowest BCUT2D eigenvalue weighted by atomic mass is 9.95. The maximum Gasteiger partial charge on any atom is 0.305 e. The highest BCUT2D eigenvalue weighted by Crippen LogP contribution is 2.16. The van der Waals surface area contributed by atoms with Crippen molar-refractivity contribution in [1.82, 2.24) is 5.32 Å². The molecule has 0 bridgehead atoms. The lowest BCUT2D eigenvalue weighted by molar-refractivity contribution is -0.144. The third-order valence-corrected chi connectivity index (χ3v) is 3.34. The lowest BCUT2D eigenvalue weighted by Crippen LogP contribution is -2.30. The highest BCUT2D eigenvalue weighted by molar-refractivity contribution is 5.69. The minimum atomic E-state index is -0.0145. The fraction of sp³-hybridized carbons (Fsp3) is 0.929. The molecule has 1 heterocycles. The molecule has 1 unspecified atom stereocenters. The second kappa shape index (κ2) is 8.51. The van der Waals surface area contributed by atoms with Gasteiger partial charge in [-0.15, -0.1) is 0 Å². The van der Waals surface area contributed by atoms with E-state index in [2.05, 4.69) is 19.2 Å². The van der Waals surface area contributed by atoms with E-state index in [1.807, 2.05) is 0 Å². The van der Waals surface area contributed by atoms with Gasteiger partial charge in [-0.25, -0.2) is 0 Å². The van der Waals surface area contributed by atoms with Crippen LogP contribution in [0.5, 0.6) is 0 Å². The molecule has 1 N–H and O–H groups in total. The summed E-state index contributed by atoms with van der Waals surface area (Å²) in [5.41, 5.74) is 0. The van der Waals surface area contributed by atoms with Crippen molar-refractivity contribution >= 4 is 5.97 Å². The molecule has 0 amide bonds. The maximum atomic E-state index is 11.5. The second-order valence-corrected chi connectivity index (χ2v) is 5.51. The molecule has 1 aliphatic heterocycles. The van der Waals surface area contributed by atoms with Crippen LogP contribution in [0, 0.1) is 11.8 Å². The summed E-state index contributed by atoms with van der Waals surface area (Å²) in [6.07, 6.45) is 6.21. The van der Waals surface area contributed by atoms with Crippen molar-refractivity contribution in [3.8, 4) is 0 Å². The molecule has 0 saturated carbocycles. The van der Waals surface area contributed by atoms with Gasteiger partial charge in [0.1, 0.15) is 0 Å². The monoisotopic (exact) mass is 241 g/mol. The fourth-order valence-corrected chi connectivity index (χ4v) is 2.24. The Labute approximate surface area is 105 Å². The number of rotatable bonds is 7. The van der Waals surface area contributed by atoms with Gasteiger partial charge in [-0.1, -0.05) is 13.8 Å². The Morgan fingerprint density at radius 3 is 2.94 bits per heavy atom. The smallest absolute Gasteiger partial charge is 0.305 e. The first-order valence-corrected chi connectivity index (χ1v) is 7.05. The van der Waals surface area contributed by atoms with Crippen molar-refractivity contribution in [2.75, 3.05) is 19.7 Å². The van der Waals surface area contributed by atoms with Crippen LogP contribution in [0.2, 0.25) is 0 Å². The van der Waals surface area contributed by atoms with Gasteiger partial charge in [-0.3, -0.25) is 4.79 Å². The van der Waals surface area contributed by atoms with E-state index in [1.165, 1.54) is 12.8 Å². The van der Waals surface area contributed by atoms with E-state index in [0.717, 1.165) is 32.4 Å². The largest absolute Gasteiger partial charge is 0.466 e. The summed E-state index contributed by atoms with van der Waals surface area (Å²) in [6.45, 7) is 7.19. The Morgan fingerprint density at radius 2 is 2.29 bits per heavy atom. The number of ether oxygens (including phenoxy) is 1. The molecule has 1 atom stereocenters. The van der Waals surface area contributed by atoms with Crippen LogP contribution in [-0.2, 0) is 9.53 Å². The molecule has 1 rings (SSSR count). The Bertz CT molecular complexity index is 210. The molecule has 3 nitrogen and oxygen atoms in total. The molecule has 0 aromatic heterocycles. The fourth-order valence-electron chi connectivity index (χ4n) is 2.24. The standard InChI is InChI=1S/C14H27NO2/c1-12(2)5-4-10-17-14(16)8-7-13-6-3-9-15-11-13/h12-13,15H,3-11H2,1-2H3. The Morgan fingerprint density at radius 1 is 1.47 bits per heavy atom. The van der Waals surface area contributed by atoms with Crippen molar-refractivity contribution in [1.29, 1.82) is 0 Å². The van der Waals surface area contributed by atoms with Gasteiger partial charge >= 0.3 is 5.97 Å². The van der Waals surface area contributed by atoms with Gasteiger partial charge in [-0.05, 0) is 57.0 Å². The van der Waals surface area contributed by atoms with Crippen molar-refractivity contribution in [2.45, 2.75) is 52.4 Å². The summed E-state index contributed by atoms with van der Waals surface area (Å²) in [7, 11) is 0. The number of nitrogens with one attached hydrogen (secondary N) is 1. The molecule has 17 heavy (non-hydrogen) atoms. The number of carbonyl (C=O) groups is 1. The van der Waals surface area contributed by atoms with Gasteiger partial charge in [-0.2, -0.15) is 0 Å². The van der Waals surface area contributed by atoms with E-state index in [4.69, 9.17) is 4.74 Å². The van der Waals surface area contributed by atoms with E-state index in [9.17, 15) is 4.79 Å². The van der Waals surface area contributed by atoms with Crippen LogP contribution in [0.25, 0.3) is 0 Å². The molecule has 0 spiro atoms. The molecule has 1 saturated heterocycles. The Balaban J connectivity index is 1.96. The van der Waals surface area contributed by atoms with E-state index in [-0.39, 0.29) is 5.97 Å². The zero-order chi connectivity index (χ0) is 12.5. The minimum absolute atomic E-state index is 0.0145. The lowest BCUT2D eigenvalue weighted by Gasteiger charge is -2.22. The van der Waals surface area contributed by atoms with Gasteiger partial charge < -0.3 is 10.1 Å². The predicted octanol–water partition coefficient (Wildman–Crippen LogP) is 2.75. The summed E-state index contributed by atoms with van der Waals surface area (Å²) in [6, 6.07) is 0. The zero-order valence-corrected chi connectivity index (χ0v) is 11.3. The molecule has 0 aromatic rings. The molecule has 0 aliphatic carbocycles. The molecule has 1 aliphatic rings. The third-order valence-electron chi connectivity index (χ3n) is 3.34. The normalized spacial score (nSPS) is 20.5. The van der Waals surface area contributed by atoms with Crippen LogP contribution in [-0.4, -0.2) is 25.7 Å². The van der Waals surface area contributed by atoms with Crippen LogP contribution >= 0.6 is 0 Å². The first-order chi connectivity index (χ1) is 8.18. The average Bonchev–Trinajstić information content (AvgIpc) is 2.33. The first kappa shape index (κ1) is 14.5. The van der Waals surface area contributed by atoms with E-state index in [1.54, 1.807) is 0 Å². The van der Waals surface area contributed by atoms with Crippen molar-refractivity contribution in [3.63, 3.8) is 0 Å². The number of carbonyl (C=O) groups excluding carboxylic acids is 1. The minimum Gasteiger partial charge on any atom is -0.466 e. The van der Waals surface area contributed by atoms with Crippen LogP contribution in [0.15, 0.2) is 0 Å². The van der Waals surface area contributed by atoms with Crippen molar-refractivity contribution < 1.29 is 9.53 Å². The molecule has 0 radical (unpaired) electrons. The van der Waals surface area contributed by atoms with E-state index in [0.29, 0.717) is 24.9 Å². The van der Waals surface area contributed by atoms with E-state index >= 15 is 0 Å². The van der Waals surface area contributed by atoms with Gasteiger partial charge in [0.2, 0.25) is 0 Å². The van der Waals surface area contributed by atoms with Crippen LogP contribution in [0.1, 0.15) is 52.4 Å². The zero-order valence-electron chi connectivity index (χ0n) is 11.3. The van der Waals surface area contributed by atoms with E-state index < -0.39 is 0 Å². The summed E-state index contributed by atoms with van der Waals surface area (Å²) < 4.78 is 5.22. The van der Waals surface area contributed by atoms with Crippen LogP contribution < -0.4 is 5.32 Å². The van der Waals surface area contributed by atoms with Gasteiger partial charge in [0.05, 0.1) is 6.61 Å². The SMILES string of the molecule is CC(C)CCCOC(=O)CCC1CCCNC1.